The lowest BCUT2D eigenvalue weighted by Crippen LogP contribution is -2.34. The van der Waals surface area contributed by atoms with Crippen LogP contribution < -0.4 is 4.90 Å². The fourth-order valence-corrected chi connectivity index (χ4v) is 2.02. The zero-order valence-electron chi connectivity index (χ0n) is 8.10. The molecular weight excluding hydrogens is 178 g/mol. The molecule has 0 saturated heterocycles. The van der Waals surface area contributed by atoms with Gasteiger partial charge >= 0.3 is 5.97 Å². The van der Waals surface area contributed by atoms with Crippen molar-refractivity contribution in [3.8, 4) is 0 Å². The van der Waals surface area contributed by atoms with E-state index in [4.69, 9.17) is 5.11 Å². The molecule has 0 aromatic heterocycles. The molecule has 0 aliphatic carbocycles. The minimum absolute atomic E-state index is 0.0954. The third kappa shape index (κ3) is 1.45. The molecule has 0 unspecified atom stereocenters. The Bertz CT molecular complexity index is 362. The van der Waals surface area contributed by atoms with E-state index in [1.807, 2.05) is 23.1 Å². The van der Waals surface area contributed by atoms with Gasteiger partial charge < -0.3 is 10.0 Å². The Kier molecular flexibility index (Phi) is 2.15. The molecule has 1 aliphatic heterocycles. The van der Waals surface area contributed by atoms with Crippen molar-refractivity contribution in [3.05, 3.63) is 29.8 Å². The van der Waals surface area contributed by atoms with Crippen LogP contribution >= 0.6 is 0 Å². The lowest BCUT2D eigenvalue weighted by atomic mass is 10.1. The van der Waals surface area contributed by atoms with Gasteiger partial charge in [0.2, 0.25) is 0 Å². The number of carboxylic acid groups (broad SMARTS) is 1. The van der Waals surface area contributed by atoms with E-state index >= 15 is 0 Å². The van der Waals surface area contributed by atoms with Crippen molar-refractivity contribution in [1.82, 2.24) is 0 Å². The fraction of sp³-hybridized carbons (Fsp3) is 0.364. The highest BCUT2D eigenvalue weighted by Gasteiger charge is 2.26. The topological polar surface area (TPSA) is 40.5 Å². The van der Waals surface area contributed by atoms with E-state index in [0.29, 0.717) is 6.04 Å². The van der Waals surface area contributed by atoms with Crippen LogP contribution in [0.5, 0.6) is 0 Å². The summed E-state index contributed by atoms with van der Waals surface area (Å²) in [4.78, 5) is 12.6. The summed E-state index contributed by atoms with van der Waals surface area (Å²) in [5, 5.41) is 8.78. The third-order valence-corrected chi connectivity index (χ3v) is 2.65. The normalized spacial score (nSPS) is 19.5. The first kappa shape index (κ1) is 9.06. The Hall–Kier alpha value is -1.51. The Morgan fingerprint density at radius 3 is 3.00 bits per heavy atom. The van der Waals surface area contributed by atoms with E-state index in [0.717, 1.165) is 12.1 Å². The van der Waals surface area contributed by atoms with Gasteiger partial charge in [0.05, 0.1) is 0 Å². The number of para-hydroxylation sites is 1. The van der Waals surface area contributed by atoms with Gasteiger partial charge in [-0.15, -0.1) is 0 Å². The van der Waals surface area contributed by atoms with E-state index < -0.39 is 5.97 Å². The van der Waals surface area contributed by atoms with Crippen LogP contribution in [-0.2, 0) is 11.2 Å². The van der Waals surface area contributed by atoms with Crippen molar-refractivity contribution in [1.29, 1.82) is 0 Å². The van der Waals surface area contributed by atoms with Gasteiger partial charge in [-0.1, -0.05) is 18.2 Å². The first-order valence-corrected chi connectivity index (χ1v) is 4.75. The molecule has 3 nitrogen and oxygen atoms in total. The molecule has 1 aromatic rings. The zero-order chi connectivity index (χ0) is 10.1. The van der Waals surface area contributed by atoms with Gasteiger partial charge in [-0.25, -0.2) is 0 Å². The molecule has 0 saturated carbocycles. The number of carboxylic acids is 1. The molecule has 1 heterocycles. The molecule has 0 bridgehead atoms. The summed E-state index contributed by atoms with van der Waals surface area (Å²) in [7, 11) is 0. The second-order valence-electron chi connectivity index (χ2n) is 3.70. The summed E-state index contributed by atoms with van der Waals surface area (Å²) in [6.45, 7) is 2.15. The lowest BCUT2D eigenvalue weighted by Gasteiger charge is -2.22. The van der Waals surface area contributed by atoms with E-state index in [-0.39, 0.29) is 6.54 Å². The molecular formula is C11H13NO2. The van der Waals surface area contributed by atoms with Crippen molar-refractivity contribution in [2.45, 2.75) is 19.4 Å². The Morgan fingerprint density at radius 2 is 2.29 bits per heavy atom. The van der Waals surface area contributed by atoms with Crippen molar-refractivity contribution in [2.75, 3.05) is 11.4 Å². The van der Waals surface area contributed by atoms with Crippen LogP contribution in [0.3, 0.4) is 0 Å². The van der Waals surface area contributed by atoms with Crippen LogP contribution in [0.4, 0.5) is 5.69 Å². The summed E-state index contributed by atoms with van der Waals surface area (Å²) in [6.07, 6.45) is 0.948. The highest BCUT2D eigenvalue weighted by Crippen LogP contribution is 2.31. The predicted octanol–water partition coefficient (Wildman–Crippen LogP) is 1.52. The Morgan fingerprint density at radius 1 is 1.57 bits per heavy atom. The van der Waals surface area contributed by atoms with Gasteiger partial charge in [-0.2, -0.15) is 0 Å². The molecule has 0 spiro atoms. The number of nitrogens with zero attached hydrogens (tertiary/aromatic N) is 1. The zero-order valence-corrected chi connectivity index (χ0v) is 8.10. The van der Waals surface area contributed by atoms with E-state index in [1.165, 1.54) is 5.56 Å². The standard InChI is InChI=1S/C11H13NO2/c1-8-6-9-4-2-3-5-10(9)12(8)7-11(13)14/h2-5,8H,6-7H2,1H3,(H,13,14)/t8-/m1/s1. The van der Waals surface area contributed by atoms with Crippen LogP contribution in [-0.4, -0.2) is 23.7 Å². The van der Waals surface area contributed by atoms with Gasteiger partial charge in [0.25, 0.3) is 0 Å². The maximum Gasteiger partial charge on any atom is 0.323 e. The van der Waals surface area contributed by atoms with Gasteiger partial charge in [-0.05, 0) is 25.0 Å². The summed E-state index contributed by atoms with van der Waals surface area (Å²) in [5.41, 5.74) is 2.32. The smallest absolute Gasteiger partial charge is 0.323 e. The van der Waals surface area contributed by atoms with Crippen molar-refractivity contribution >= 4 is 11.7 Å². The molecule has 1 aliphatic rings. The van der Waals surface area contributed by atoms with Crippen LogP contribution in [0.1, 0.15) is 12.5 Å². The number of carbonyl (C=O) groups is 1. The Labute approximate surface area is 83.0 Å². The number of fused-ring (bicyclic) bond motifs is 1. The van der Waals surface area contributed by atoms with Gasteiger partial charge in [-0.3, -0.25) is 4.79 Å². The number of anilines is 1. The van der Waals surface area contributed by atoms with Crippen molar-refractivity contribution in [2.24, 2.45) is 0 Å². The van der Waals surface area contributed by atoms with Crippen LogP contribution in [0.2, 0.25) is 0 Å². The van der Waals surface area contributed by atoms with Gasteiger partial charge in [0, 0.05) is 11.7 Å². The van der Waals surface area contributed by atoms with E-state index in [9.17, 15) is 4.79 Å². The monoisotopic (exact) mass is 191 g/mol. The quantitative estimate of drug-likeness (QED) is 0.770. The summed E-state index contributed by atoms with van der Waals surface area (Å²) >= 11 is 0. The predicted molar refractivity (Wildman–Crippen MR) is 54.6 cm³/mol. The first-order chi connectivity index (χ1) is 6.68. The number of rotatable bonds is 2. The maximum atomic E-state index is 10.7. The van der Waals surface area contributed by atoms with Crippen LogP contribution in [0.15, 0.2) is 24.3 Å². The molecule has 0 radical (unpaired) electrons. The average molecular weight is 191 g/mol. The fourth-order valence-electron chi connectivity index (χ4n) is 2.02. The molecule has 1 atom stereocenters. The average Bonchev–Trinajstić information content (AvgIpc) is 2.43. The molecule has 0 amide bonds. The number of benzene rings is 1. The minimum Gasteiger partial charge on any atom is -0.480 e. The number of aliphatic carboxylic acids is 1. The molecule has 1 aromatic carbocycles. The molecule has 3 heteroatoms. The largest absolute Gasteiger partial charge is 0.480 e. The SMILES string of the molecule is C[C@@H]1Cc2ccccc2N1CC(=O)O. The van der Waals surface area contributed by atoms with Gasteiger partial charge in [0.1, 0.15) is 6.54 Å². The lowest BCUT2D eigenvalue weighted by molar-refractivity contribution is -0.135. The molecule has 14 heavy (non-hydrogen) atoms. The van der Waals surface area contributed by atoms with Crippen molar-refractivity contribution < 1.29 is 9.90 Å². The maximum absolute atomic E-state index is 10.7. The first-order valence-electron chi connectivity index (χ1n) is 4.75. The molecule has 2 rings (SSSR count). The molecule has 74 valence electrons. The highest BCUT2D eigenvalue weighted by atomic mass is 16.4. The van der Waals surface area contributed by atoms with Crippen LogP contribution in [0.25, 0.3) is 0 Å². The van der Waals surface area contributed by atoms with E-state index in [1.54, 1.807) is 0 Å². The minimum atomic E-state index is -0.770. The Balaban J connectivity index is 2.30. The van der Waals surface area contributed by atoms with Crippen LogP contribution in [0, 0.1) is 0 Å². The third-order valence-electron chi connectivity index (χ3n) is 2.65. The summed E-state index contributed by atoms with van der Waals surface area (Å²) < 4.78 is 0. The van der Waals surface area contributed by atoms with E-state index in [2.05, 4.69) is 13.0 Å². The summed E-state index contributed by atoms with van der Waals surface area (Å²) in [5.74, 6) is -0.770. The summed E-state index contributed by atoms with van der Waals surface area (Å²) in [6, 6.07) is 8.29. The molecule has 0 fully saturated rings. The number of hydrogen-bond donors (Lipinski definition) is 1. The van der Waals surface area contributed by atoms with Crippen molar-refractivity contribution in [3.63, 3.8) is 0 Å². The molecule has 1 N–H and O–H groups in total. The second-order valence-corrected chi connectivity index (χ2v) is 3.70. The van der Waals surface area contributed by atoms with Gasteiger partial charge in [0.15, 0.2) is 0 Å². The second kappa shape index (κ2) is 3.33. The highest BCUT2D eigenvalue weighted by molar-refractivity contribution is 5.75. The number of hydrogen-bond acceptors (Lipinski definition) is 2.